The van der Waals surface area contributed by atoms with Crippen LogP contribution in [0.2, 0.25) is 0 Å². The number of thiazole rings is 1. The van der Waals surface area contributed by atoms with Gasteiger partial charge in [-0.1, -0.05) is 11.3 Å². The zero-order chi connectivity index (χ0) is 15.1. The first-order chi connectivity index (χ1) is 9.20. The molecule has 0 saturated heterocycles. The molecule has 108 valence electrons. The highest BCUT2D eigenvalue weighted by atomic mass is 79.9. The van der Waals surface area contributed by atoms with Crippen LogP contribution in [0.3, 0.4) is 0 Å². The Bertz CT molecular complexity index is 749. The Balaban J connectivity index is 2.46. The third kappa shape index (κ3) is 3.16. The molecule has 20 heavy (non-hydrogen) atoms. The van der Waals surface area contributed by atoms with Gasteiger partial charge in [0.05, 0.1) is 11.4 Å². The standard InChI is InChI=1S/C11H11Br2N3O2S2/c1-5-3-7(12)9(8(13)4-5)16-20(17,18)10-6(2)15-11(14)19-10/h3-4,16H,1-2H3,(H2,14,15). The van der Waals surface area contributed by atoms with Crippen molar-refractivity contribution in [1.29, 1.82) is 0 Å². The van der Waals surface area contributed by atoms with Crippen LogP contribution in [-0.4, -0.2) is 13.4 Å². The number of nitrogen functional groups attached to an aromatic ring is 1. The summed E-state index contributed by atoms with van der Waals surface area (Å²) in [5.41, 5.74) is 7.38. The maximum Gasteiger partial charge on any atom is 0.273 e. The fraction of sp³-hybridized carbons (Fsp3) is 0.182. The predicted octanol–water partition coefficient (Wildman–Crippen LogP) is 3.67. The van der Waals surface area contributed by atoms with Crippen LogP contribution in [0.5, 0.6) is 0 Å². The van der Waals surface area contributed by atoms with Crippen LogP contribution >= 0.6 is 43.2 Å². The second kappa shape index (κ2) is 5.63. The quantitative estimate of drug-likeness (QED) is 0.762. The van der Waals surface area contributed by atoms with Crippen molar-refractivity contribution in [2.75, 3.05) is 10.5 Å². The minimum atomic E-state index is -3.72. The number of nitrogens with one attached hydrogen (secondary N) is 1. The fourth-order valence-corrected chi connectivity index (χ4v) is 5.91. The monoisotopic (exact) mass is 439 g/mol. The predicted molar refractivity (Wildman–Crippen MR) is 88.7 cm³/mol. The van der Waals surface area contributed by atoms with Crippen molar-refractivity contribution in [2.24, 2.45) is 0 Å². The highest BCUT2D eigenvalue weighted by molar-refractivity contribution is 9.11. The molecule has 0 spiro atoms. The van der Waals surface area contributed by atoms with Crippen LogP contribution in [0.15, 0.2) is 25.3 Å². The van der Waals surface area contributed by atoms with Gasteiger partial charge in [-0.25, -0.2) is 13.4 Å². The van der Waals surface area contributed by atoms with Gasteiger partial charge in [-0.2, -0.15) is 0 Å². The Morgan fingerprint density at radius 1 is 1.25 bits per heavy atom. The zero-order valence-corrected chi connectivity index (χ0v) is 15.4. The lowest BCUT2D eigenvalue weighted by molar-refractivity contribution is 0.602. The second-order valence-electron chi connectivity index (χ2n) is 4.13. The van der Waals surface area contributed by atoms with Crippen molar-refractivity contribution in [2.45, 2.75) is 18.1 Å². The Hall–Kier alpha value is -0.640. The van der Waals surface area contributed by atoms with Gasteiger partial charge >= 0.3 is 0 Å². The molecule has 0 saturated carbocycles. The van der Waals surface area contributed by atoms with E-state index in [1.807, 2.05) is 19.1 Å². The zero-order valence-electron chi connectivity index (χ0n) is 10.6. The van der Waals surface area contributed by atoms with Crippen molar-refractivity contribution in [3.8, 4) is 0 Å². The van der Waals surface area contributed by atoms with E-state index in [0.29, 0.717) is 20.3 Å². The number of hydrogen-bond acceptors (Lipinski definition) is 5. The van der Waals surface area contributed by atoms with E-state index >= 15 is 0 Å². The summed E-state index contributed by atoms with van der Waals surface area (Å²) in [6.07, 6.45) is 0. The van der Waals surface area contributed by atoms with Crippen molar-refractivity contribution < 1.29 is 8.42 Å². The highest BCUT2D eigenvalue weighted by Crippen LogP contribution is 2.35. The number of rotatable bonds is 3. The number of aromatic nitrogens is 1. The number of anilines is 2. The number of nitrogens with zero attached hydrogens (tertiary/aromatic N) is 1. The van der Waals surface area contributed by atoms with Gasteiger partial charge in [0.15, 0.2) is 9.34 Å². The average molecular weight is 441 g/mol. The van der Waals surface area contributed by atoms with E-state index in [0.717, 1.165) is 16.9 Å². The summed E-state index contributed by atoms with van der Waals surface area (Å²) in [7, 11) is -3.72. The molecular formula is C11H11Br2N3O2S2. The van der Waals surface area contributed by atoms with Gasteiger partial charge in [-0.05, 0) is 63.4 Å². The Labute approximate surface area is 137 Å². The van der Waals surface area contributed by atoms with Crippen LogP contribution in [-0.2, 0) is 10.0 Å². The van der Waals surface area contributed by atoms with Crippen molar-refractivity contribution in [3.05, 3.63) is 32.3 Å². The Morgan fingerprint density at radius 3 is 2.25 bits per heavy atom. The summed E-state index contributed by atoms with van der Waals surface area (Å²) in [4.78, 5) is 3.93. The molecule has 0 amide bonds. The van der Waals surface area contributed by atoms with Crippen molar-refractivity contribution >= 4 is 64.0 Å². The molecule has 0 radical (unpaired) electrons. The Morgan fingerprint density at radius 2 is 1.80 bits per heavy atom. The lowest BCUT2D eigenvalue weighted by Crippen LogP contribution is -2.13. The summed E-state index contributed by atoms with van der Waals surface area (Å²) < 4.78 is 28.8. The summed E-state index contributed by atoms with van der Waals surface area (Å²) in [5, 5.41) is 0.227. The third-order valence-corrected chi connectivity index (χ3v) is 6.63. The first-order valence-electron chi connectivity index (χ1n) is 5.42. The van der Waals surface area contributed by atoms with E-state index in [2.05, 4.69) is 41.6 Å². The molecule has 0 aliphatic carbocycles. The number of nitrogens with two attached hydrogens (primary N) is 1. The SMILES string of the molecule is Cc1cc(Br)c(NS(=O)(=O)c2sc(N)nc2C)c(Br)c1. The van der Waals surface area contributed by atoms with Gasteiger partial charge in [-0.15, -0.1) is 0 Å². The van der Waals surface area contributed by atoms with Crippen LogP contribution in [0, 0.1) is 13.8 Å². The number of sulfonamides is 1. The van der Waals surface area contributed by atoms with Gasteiger partial charge in [0.1, 0.15) is 0 Å². The lowest BCUT2D eigenvalue weighted by Gasteiger charge is -2.11. The molecule has 0 atom stereocenters. The number of halogens is 2. The molecule has 2 rings (SSSR count). The van der Waals surface area contributed by atoms with Crippen molar-refractivity contribution in [1.82, 2.24) is 4.98 Å². The minimum absolute atomic E-state index is 0.120. The molecule has 0 unspecified atom stereocenters. The van der Waals surface area contributed by atoms with E-state index in [-0.39, 0.29) is 9.34 Å². The molecule has 9 heteroatoms. The average Bonchev–Trinajstić information content (AvgIpc) is 2.64. The summed E-state index contributed by atoms with van der Waals surface area (Å²) in [6.45, 7) is 3.53. The van der Waals surface area contributed by atoms with E-state index in [9.17, 15) is 8.42 Å². The first-order valence-corrected chi connectivity index (χ1v) is 9.30. The van der Waals surface area contributed by atoms with Crippen molar-refractivity contribution in [3.63, 3.8) is 0 Å². The van der Waals surface area contributed by atoms with Crippen LogP contribution in [0.1, 0.15) is 11.3 Å². The molecule has 0 fully saturated rings. The summed E-state index contributed by atoms with van der Waals surface area (Å²) >= 11 is 7.65. The van der Waals surface area contributed by atoms with Gasteiger partial charge in [0, 0.05) is 8.95 Å². The van der Waals surface area contributed by atoms with Gasteiger partial charge in [0.25, 0.3) is 10.0 Å². The largest absolute Gasteiger partial charge is 0.375 e. The van der Waals surface area contributed by atoms with E-state index in [1.165, 1.54) is 0 Å². The van der Waals surface area contributed by atoms with E-state index < -0.39 is 10.0 Å². The Kier molecular flexibility index (Phi) is 4.43. The maximum atomic E-state index is 12.4. The van der Waals surface area contributed by atoms with Gasteiger partial charge in [0.2, 0.25) is 0 Å². The summed E-state index contributed by atoms with van der Waals surface area (Å²) in [6, 6.07) is 3.66. The molecule has 5 nitrogen and oxygen atoms in total. The molecular weight excluding hydrogens is 430 g/mol. The van der Waals surface area contributed by atoms with Crippen LogP contribution in [0.25, 0.3) is 0 Å². The summed E-state index contributed by atoms with van der Waals surface area (Å²) in [5.74, 6) is 0. The van der Waals surface area contributed by atoms with Gasteiger partial charge < -0.3 is 5.73 Å². The lowest BCUT2D eigenvalue weighted by atomic mass is 10.2. The molecule has 1 aromatic heterocycles. The number of benzene rings is 1. The maximum absolute atomic E-state index is 12.4. The van der Waals surface area contributed by atoms with Gasteiger partial charge in [-0.3, -0.25) is 4.72 Å². The highest BCUT2D eigenvalue weighted by Gasteiger charge is 2.23. The molecule has 0 aliphatic heterocycles. The minimum Gasteiger partial charge on any atom is -0.375 e. The molecule has 3 N–H and O–H groups in total. The van der Waals surface area contributed by atoms with E-state index in [4.69, 9.17) is 5.73 Å². The third-order valence-electron chi connectivity index (χ3n) is 2.44. The molecule has 2 aromatic rings. The fourth-order valence-electron chi connectivity index (χ4n) is 1.63. The smallest absolute Gasteiger partial charge is 0.273 e. The molecule has 0 bridgehead atoms. The molecule has 1 aromatic carbocycles. The normalized spacial score (nSPS) is 11.6. The molecule has 0 aliphatic rings. The van der Waals surface area contributed by atoms with E-state index in [1.54, 1.807) is 6.92 Å². The molecule has 1 heterocycles. The first kappa shape index (κ1) is 15.7. The number of aryl methyl sites for hydroxylation is 2. The van der Waals surface area contributed by atoms with Crippen LogP contribution < -0.4 is 10.5 Å². The van der Waals surface area contributed by atoms with Crippen LogP contribution in [0.4, 0.5) is 10.8 Å². The second-order valence-corrected chi connectivity index (χ2v) is 8.75. The topological polar surface area (TPSA) is 85.1 Å². The number of hydrogen-bond donors (Lipinski definition) is 2.